The number of thiophene rings is 1. The monoisotopic (exact) mass is 449 g/mol. The molecule has 0 unspecified atom stereocenters. The van der Waals surface area contributed by atoms with Gasteiger partial charge in [0, 0.05) is 40.8 Å². The van der Waals surface area contributed by atoms with Gasteiger partial charge in [0.15, 0.2) is 0 Å². The van der Waals surface area contributed by atoms with Crippen LogP contribution in [0.15, 0.2) is 66.4 Å². The van der Waals surface area contributed by atoms with Crippen LogP contribution in [0.2, 0.25) is 5.02 Å². The lowest BCUT2D eigenvalue weighted by atomic mass is 10.1. The molecule has 0 amide bonds. The molecule has 0 aliphatic heterocycles. The van der Waals surface area contributed by atoms with E-state index in [1.807, 2.05) is 22.1 Å². The van der Waals surface area contributed by atoms with Crippen molar-refractivity contribution < 1.29 is 4.92 Å². The number of non-ortho nitro benzene ring substituents is 1. The molecule has 154 valence electrons. The highest BCUT2D eigenvalue weighted by molar-refractivity contribution is 7.14. The summed E-state index contributed by atoms with van der Waals surface area (Å²) in [6.45, 7) is 1.03. The Kier molecular flexibility index (Phi) is 5.98. The molecule has 2 aromatic carbocycles. The van der Waals surface area contributed by atoms with Gasteiger partial charge in [0.2, 0.25) is 0 Å². The number of imidazole rings is 1. The van der Waals surface area contributed by atoms with Gasteiger partial charge in [-0.3, -0.25) is 10.1 Å². The third-order valence-corrected chi connectivity index (χ3v) is 5.98. The van der Waals surface area contributed by atoms with Crippen LogP contribution in [0.1, 0.15) is 16.8 Å². The van der Waals surface area contributed by atoms with Crippen molar-refractivity contribution >= 4 is 33.6 Å². The van der Waals surface area contributed by atoms with E-state index in [9.17, 15) is 15.4 Å². The smallest absolute Gasteiger partial charge is 0.269 e. The minimum atomic E-state index is -0.414. The van der Waals surface area contributed by atoms with Crippen LogP contribution in [0.4, 0.5) is 10.7 Å². The molecule has 4 rings (SSSR count). The summed E-state index contributed by atoms with van der Waals surface area (Å²) < 4.78 is 1.97. The highest BCUT2D eigenvalue weighted by Gasteiger charge is 2.14. The number of hydrogen-bond acceptors (Lipinski definition) is 6. The fraction of sp³-hybridized carbons (Fsp3) is 0.0909. The van der Waals surface area contributed by atoms with Gasteiger partial charge in [-0.2, -0.15) is 5.26 Å². The zero-order valence-electron chi connectivity index (χ0n) is 16.2. The average molecular weight is 450 g/mol. The number of aromatic nitrogens is 2. The number of halogens is 1. The number of nitriles is 1. The van der Waals surface area contributed by atoms with Crippen LogP contribution in [0.5, 0.6) is 0 Å². The van der Waals surface area contributed by atoms with Gasteiger partial charge in [-0.15, -0.1) is 11.3 Å². The summed E-state index contributed by atoms with van der Waals surface area (Å²) in [5, 5.41) is 27.2. The first-order chi connectivity index (χ1) is 15.0. The number of nitro groups is 1. The molecule has 0 aliphatic carbocycles. The van der Waals surface area contributed by atoms with E-state index in [1.54, 1.807) is 36.8 Å². The normalized spacial score (nSPS) is 10.6. The molecule has 31 heavy (non-hydrogen) atoms. The molecule has 0 spiro atoms. The van der Waals surface area contributed by atoms with Crippen LogP contribution in [0.3, 0.4) is 0 Å². The maximum atomic E-state index is 10.8. The van der Waals surface area contributed by atoms with E-state index < -0.39 is 4.92 Å². The second-order valence-electron chi connectivity index (χ2n) is 6.76. The highest BCUT2D eigenvalue weighted by Crippen LogP contribution is 2.35. The van der Waals surface area contributed by atoms with Gasteiger partial charge in [-0.1, -0.05) is 35.9 Å². The molecule has 0 atom stereocenters. The molecular weight excluding hydrogens is 434 g/mol. The van der Waals surface area contributed by atoms with Crippen molar-refractivity contribution in [2.75, 3.05) is 5.32 Å². The quantitative estimate of drug-likeness (QED) is 0.288. The van der Waals surface area contributed by atoms with Crippen molar-refractivity contribution in [3.63, 3.8) is 0 Å². The summed E-state index contributed by atoms with van der Waals surface area (Å²) in [4.78, 5) is 14.6. The molecule has 0 saturated carbocycles. The minimum absolute atomic E-state index is 0.0643. The third-order valence-electron chi connectivity index (χ3n) is 4.79. The second kappa shape index (κ2) is 9.00. The number of rotatable bonds is 7. The Balaban J connectivity index is 1.48. The zero-order valence-corrected chi connectivity index (χ0v) is 17.7. The summed E-state index contributed by atoms with van der Waals surface area (Å²) in [5.41, 5.74) is 4.33. The van der Waals surface area contributed by atoms with Crippen molar-refractivity contribution in [1.29, 1.82) is 5.26 Å². The fourth-order valence-electron chi connectivity index (χ4n) is 3.17. The fourth-order valence-corrected chi connectivity index (χ4v) is 4.21. The molecule has 1 N–H and O–H groups in total. The van der Waals surface area contributed by atoms with Gasteiger partial charge < -0.3 is 9.88 Å². The summed E-state index contributed by atoms with van der Waals surface area (Å²) in [5.74, 6) is 0. The van der Waals surface area contributed by atoms with Crippen molar-refractivity contribution in [2.24, 2.45) is 0 Å². The molecule has 2 aromatic heterocycles. The maximum Gasteiger partial charge on any atom is 0.269 e. The highest BCUT2D eigenvalue weighted by atomic mass is 35.5. The van der Waals surface area contributed by atoms with E-state index in [0.29, 0.717) is 23.7 Å². The predicted octanol–water partition coefficient (Wildman–Crippen LogP) is 5.71. The predicted molar refractivity (Wildman–Crippen MR) is 121 cm³/mol. The Hall–Kier alpha value is -3.67. The summed E-state index contributed by atoms with van der Waals surface area (Å²) in [7, 11) is 0. The number of hydrogen-bond donors (Lipinski definition) is 1. The first kappa shape index (κ1) is 20.6. The molecule has 0 bridgehead atoms. The van der Waals surface area contributed by atoms with Gasteiger partial charge in [0.25, 0.3) is 5.69 Å². The minimum Gasteiger partial charge on any atom is -0.370 e. The Morgan fingerprint density at radius 3 is 2.61 bits per heavy atom. The van der Waals surface area contributed by atoms with Gasteiger partial charge in [0.1, 0.15) is 11.1 Å². The summed E-state index contributed by atoms with van der Waals surface area (Å²) in [6, 6.07) is 16.2. The topological polar surface area (TPSA) is 96.8 Å². The third kappa shape index (κ3) is 4.58. The Bertz CT molecular complexity index is 1260. The number of nitrogens with zero attached hydrogens (tertiary/aromatic N) is 4. The van der Waals surface area contributed by atoms with E-state index in [0.717, 1.165) is 27.4 Å². The van der Waals surface area contributed by atoms with Crippen molar-refractivity contribution in [1.82, 2.24) is 9.55 Å². The van der Waals surface area contributed by atoms with E-state index in [4.69, 9.17) is 11.6 Å². The number of benzene rings is 2. The molecule has 0 fully saturated rings. The maximum absolute atomic E-state index is 10.8. The van der Waals surface area contributed by atoms with Crippen LogP contribution in [0, 0.1) is 21.4 Å². The van der Waals surface area contributed by atoms with Crippen LogP contribution >= 0.6 is 22.9 Å². The molecule has 0 saturated heterocycles. The standard InChI is InChI=1S/C22H16ClN5O2S/c23-17-5-3-16(4-6-17)21-13-31-22(20(21)9-24)26-11-19-10-25-14-27(19)12-15-1-7-18(8-2-15)28(29)30/h1-8,10,13-14,26H,11-12H2. The van der Waals surface area contributed by atoms with E-state index in [1.165, 1.54) is 23.5 Å². The molecule has 2 heterocycles. The van der Waals surface area contributed by atoms with Crippen molar-refractivity contribution in [3.05, 3.63) is 98.4 Å². The number of nitro benzene ring substituents is 1. The Morgan fingerprint density at radius 2 is 1.94 bits per heavy atom. The Morgan fingerprint density at radius 1 is 1.19 bits per heavy atom. The van der Waals surface area contributed by atoms with E-state index in [-0.39, 0.29) is 5.69 Å². The van der Waals surface area contributed by atoms with Gasteiger partial charge >= 0.3 is 0 Å². The van der Waals surface area contributed by atoms with Gasteiger partial charge in [0.05, 0.1) is 29.1 Å². The first-order valence-electron chi connectivity index (χ1n) is 9.29. The lowest BCUT2D eigenvalue weighted by molar-refractivity contribution is -0.384. The van der Waals surface area contributed by atoms with Crippen molar-refractivity contribution in [3.8, 4) is 17.2 Å². The van der Waals surface area contributed by atoms with Gasteiger partial charge in [-0.25, -0.2) is 4.98 Å². The van der Waals surface area contributed by atoms with Crippen LogP contribution < -0.4 is 5.32 Å². The first-order valence-corrected chi connectivity index (χ1v) is 10.5. The zero-order chi connectivity index (χ0) is 21.8. The number of anilines is 1. The van der Waals surface area contributed by atoms with E-state index >= 15 is 0 Å². The molecular formula is C22H16ClN5O2S. The SMILES string of the molecule is N#Cc1c(-c2ccc(Cl)cc2)csc1NCc1cncn1Cc1ccc([N+](=O)[O-])cc1. The van der Waals surface area contributed by atoms with Crippen LogP contribution in [-0.4, -0.2) is 14.5 Å². The van der Waals surface area contributed by atoms with E-state index in [2.05, 4.69) is 16.4 Å². The van der Waals surface area contributed by atoms with Crippen LogP contribution in [-0.2, 0) is 13.1 Å². The number of nitrogens with one attached hydrogen (secondary N) is 1. The summed E-state index contributed by atoms with van der Waals surface area (Å²) in [6.07, 6.45) is 3.48. The lowest BCUT2D eigenvalue weighted by Crippen LogP contribution is -2.08. The molecule has 7 nitrogen and oxygen atoms in total. The molecule has 9 heteroatoms. The largest absolute Gasteiger partial charge is 0.370 e. The summed E-state index contributed by atoms with van der Waals surface area (Å²) >= 11 is 7.44. The second-order valence-corrected chi connectivity index (χ2v) is 8.08. The average Bonchev–Trinajstić information content (AvgIpc) is 3.39. The molecule has 0 aliphatic rings. The lowest BCUT2D eigenvalue weighted by Gasteiger charge is -2.10. The van der Waals surface area contributed by atoms with Crippen LogP contribution in [0.25, 0.3) is 11.1 Å². The van der Waals surface area contributed by atoms with Crippen molar-refractivity contribution in [2.45, 2.75) is 13.1 Å². The molecule has 0 radical (unpaired) electrons. The molecule has 4 aromatic rings. The van der Waals surface area contributed by atoms with Gasteiger partial charge in [-0.05, 0) is 23.3 Å². The Labute approximate surface area is 187 Å².